The summed E-state index contributed by atoms with van der Waals surface area (Å²) in [5.41, 5.74) is 3.60. The van der Waals surface area contributed by atoms with Crippen LogP contribution in [0.15, 0.2) is 24.3 Å². The van der Waals surface area contributed by atoms with E-state index in [2.05, 4.69) is 45.0 Å². The van der Waals surface area contributed by atoms with Crippen molar-refractivity contribution in [1.82, 2.24) is 0 Å². The van der Waals surface area contributed by atoms with Crippen molar-refractivity contribution in [3.05, 3.63) is 35.4 Å². The molecule has 1 aromatic rings. The van der Waals surface area contributed by atoms with Crippen molar-refractivity contribution in [2.24, 2.45) is 5.41 Å². The van der Waals surface area contributed by atoms with E-state index in [9.17, 15) is 0 Å². The number of hydrogen-bond donors (Lipinski definition) is 0. The average molecular weight is 204 g/mol. The fraction of sp³-hybridized carbons (Fsp3) is 0.600. The lowest BCUT2D eigenvalue weighted by Crippen LogP contribution is -2.22. The monoisotopic (exact) mass is 204 g/mol. The lowest BCUT2D eigenvalue weighted by molar-refractivity contribution is 0.289. The minimum Gasteiger partial charge on any atom is -0.0776 e. The minimum atomic E-state index is 0. The van der Waals surface area contributed by atoms with Gasteiger partial charge < -0.3 is 0 Å². The maximum atomic E-state index is 2.36. The molecule has 0 saturated carbocycles. The Kier molecular flexibility index (Phi) is 3.59. The molecule has 0 aliphatic heterocycles. The molecule has 0 bridgehead atoms. The van der Waals surface area contributed by atoms with Crippen LogP contribution in [-0.4, -0.2) is 0 Å². The van der Waals surface area contributed by atoms with Crippen molar-refractivity contribution in [2.75, 3.05) is 0 Å². The van der Waals surface area contributed by atoms with E-state index in [0.29, 0.717) is 5.41 Å². The molecule has 1 atom stereocenters. The summed E-state index contributed by atoms with van der Waals surface area (Å²) < 4.78 is 0. The van der Waals surface area contributed by atoms with Crippen LogP contribution in [0.2, 0.25) is 0 Å². The number of benzene rings is 1. The van der Waals surface area contributed by atoms with Crippen LogP contribution in [0.4, 0.5) is 0 Å². The number of rotatable bonds is 0. The zero-order chi connectivity index (χ0) is 10.2. The number of fused-ring (bicyclic) bond motifs is 1. The maximum absolute atomic E-state index is 2.36. The molecule has 0 fully saturated rings. The SMILES string of the molecule is C.CC(C)(C)C1CCCc2ccccc21. The summed E-state index contributed by atoms with van der Waals surface area (Å²) in [6, 6.07) is 8.98. The molecule has 0 aromatic heterocycles. The van der Waals surface area contributed by atoms with Gasteiger partial charge in [-0.25, -0.2) is 0 Å². The van der Waals surface area contributed by atoms with Crippen molar-refractivity contribution in [3.8, 4) is 0 Å². The first-order chi connectivity index (χ1) is 6.59. The molecule has 0 amide bonds. The summed E-state index contributed by atoms with van der Waals surface area (Å²) >= 11 is 0. The maximum Gasteiger partial charge on any atom is -0.0110 e. The van der Waals surface area contributed by atoms with Crippen LogP contribution < -0.4 is 0 Å². The Balaban J connectivity index is 0.00000112. The summed E-state index contributed by atoms with van der Waals surface area (Å²) in [4.78, 5) is 0. The van der Waals surface area contributed by atoms with Crippen molar-refractivity contribution in [2.45, 2.75) is 53.4 Å². The molecule has 2 rings (SSSR count). The smallest absolute Gasteiger partial charge is 0.0110 e. The van der Waals surface area contributed by atoms with E-state index >= 15 is 0 Å². The number of aryl methyl sites for hydroxylation is 1. The lowest BCUT2D eigenvalue weighted by Gasteiger charge is -2.35. The Morgan fingerprint density at radius 1 is 1.13 bits per heavy atom. The second-order valence-corrected chi connectivity index (χ2v) is 5.51. The van der Waals surface area contributed by atoms with Gasteiger partial charge in [0.15, 0.2) is 0 Å². The molecule has 15 heavy (non-hydrogen) atoms. The van der Waals surface area contributed by atoms with Gasteiger partial charge in [-0.3, -0.25) is 0 Å². The molecule has 1 aromatic carbocycles. The van der Waals surface area contributed by atoms with Crippen LogP contribution in [0, 0.1) is 5.41 Å². The standard InChI is InChI=1S/C14H20.CH4/c1-14(2,3)13-10-6-8-11-7-4-5-9-12(11)13;/h4-5,7,9,13H,6,8,10H2,1-3H3;1H4. The third-order valence-electron chi connectivity index (χ3n) is 3.41. The van der Waals surface area contributed by atoms with Crippen LogP contribution in [-0.2, 0) is 6.42 Å². The van der Waals surface area contributed by atoms with Gasteiger partial charge in [0.2, 0.25) is 0 Å². The van der Waals surface area contributed by atoms with Crippen LogP contribution in [0.25, 0.3) is 0 Å². The first kappa shape index (κ1) is 12.3. The predicted octanol–water partition coefficient (Wildman–Crippen LogP) is 4.79. The van der Waals surface area contributed by atoms with E-state index in [4.69, 9.17) is 0 Å². The molecule has 0 saturated heterocycles. The quantitative estimate of drug-likeness (QED) is 0.570. The molecule has 0 heterocycles. The Hall–Kier alpha value is -0.780. The van der Waals surface area contributed by atoms with Gasteiger partial charge in [-0.1, -0.05) is 52.5 Å². The Labute approximate surface area is 94.7 Å². The zero-order valence-electron chi connectivity index (χ0n) is 9.51. The molecule has 1 aliphatic carbocycles. The van der Waals surface area contributed by atoms with Crippen molar-refractivity contribution in [1.29, 1.82) is 0 Å². The molecule has 0 spiro atoms. The first-order valence-electron chi connectivity index (χ1n) is 5.67. The van der Waals surface area contributed by atoms with E-state index in [1.807, 2.05) is 0 Å². The van der Waals surface area contributed by atoms with Gasteiger partial charge in [0.25, 0.3) is 0 Å². The van der Waals surface area contributed by atoms with Crippen LogP contribution in [0.3, 0.4) is 0 Å². The Bertz CT molecular complexity index is 317. The van der Waals surface area contributed by atoms with Crippen molar-refractivity contribution in [3.63, 3.8) is 0 Å². The second-order valence-electron chi connectivity index (χ2n) is 5.51. The van der Waals surface area contributed by atoms with Crippen molar-refractivity contribution < 1.29 is 0 Å². The fourth-order valence-electron chi connectivity index (χ4n) is 2.65. The van der Waals surface area contributed by atoms with Gasteiger partial charge in [-0.2, -0.15) is 0 Å². The van der Waals surface area contributed by atoms with Gasteiger partial charge in [-0.05, 0) is 41.7 Å². The van der Waals surface area contributed by atoms with E-state index in [-0.39, 0.29) is 7.43 Å². The highest BCUT2D eigenvalue weighted by Gasteiger charge is 2.29. The molecule has 0 nitrogen and oxygen atoms in total. The summed E-state index contributed by atoms with van der Waals surface area (Å²) in [5, 5.41) is 0. The Morgan fingerprint density at radius 2 is 1.80 bits per heavy atom. The lowest BCUT2D eigenvalue weighted by atomic mass is 9.69. The highest BCUT2D eigenvalue weighted by molar-refractivity contribution is 5.33. The van der Waals surface area contributed by atoms with Crippen LogP contribution >= 0.6 is 0 Å². The fourth-order valence-corrected chi connectivity index (χ4v) is 2.65. The van der Waals surface area contributed by atoms with Crippen LogP contribution in [0.1, 0.15) is 58.1 Å². The minimum absolute atomic E-state index is 0. The molecule has 0 radical (unpaired) electrons. The van der Waals surface area contributed by atoms with E-state index in [0.717, 1.165) is 5.92 Å². The highest BCUT2D eigenvalue weighted by atomic mass is 14.3. The molecule has 1 aliphatic rings. The van der Waals surface area contributed by atoms with Gasteiger partial charge >= 0.3 is 0 Å². The van der Waals surface area contributed by atoms with E-state index < -0.39 is 0 Å². The van der Waals surface area contributed by atoms with Gasteiger partial charge in [0, 0.05) is 0 Å². The summed E-state index contributed by atoms with van der Waals surface area (Å²) in [7, 11) is 0. The summed E-state index contributed by atoms with van der Waals surface area (Å²) in [6.45, 7) is 7.08. The molecular formula is C15H24. The van der Waals surface area contributed by atoms with E-state index in [1.54, 1.807) is 11.1 Å². The van der Waals surface area contributed by atoms with Crippen LogP contribution in [0.5, 0.6) is 0 Å². The highest BCUT2D eigenvalue weighted by Crippen LogP contribution is 2.43. The summed E-state index contributed by atoms with van der Waals surface area (Å²) in [6.07, 6.45) is 4.00. The normalized spacial score (nSPS) is 20.3. The second kappa shape index (κ2) is 4.38. The molecule has 0 heteroatoms. The largest absolute Gasteiger partial charge is 0.0776 e. The molecular weight excluding hydrogens is 180 g/mol. The molecule has 0 N–H and O–H groups in total. The zero-order valence-corrected chi connectivity index (χ0v) is 9.51. The predicted molar refractivity (Wildman–Crippen MR) is 68.3 cm³/mol. The first-order valence-corrected chi connectivity index (χ1v) is 5.67. The van der Waals surface area contributed by atoms with Gasteiger partial charge in [0.1, 0.15) is 0 Å². The van der Waals surface area contributed by atoms with E-state index in [1.165, 1.54) is 19.3 Å². The number of hydrogen-bond acceptors (Lipinski definition) is 0. The van der Waals surface area contributed by atoms with Gasteiger partial charge in [-0.15, -0.1) is 0 Å². The molecule has 1 unspecified atom stereocenters. The van der Waals surface area contributed by atoms with Gasteiger partial charge in [0.05, 0.1) is 0 Å². The van der Waals surface area contributed by atoms with Crippen molar-refractivity contribution >= 4 is 0 Å². The third kappa shape index (κ3) is 2.42. The Morgan fingerprint density at radius 3 is 2.47 bits per heavy atom. The molecule has 84 valence electrons. The summed E-state index contributed by atoms with van der Waals surface area (Å²) in [5.74, 6) is 0.757. The average Bonchev–Trinajstić information content (AvgIpc) is 2.15. The third-order valence-corrected chi connectivity index (χ3v) is 3.41. The topological polar surface area (TPSA) is 0 Å².